The molecule has 0 aliphatic heterocycles. The molecule has 0 N–H and O–H groups in total. The number of halogens is 1. The van der Waals surface area contributed by atoms with Gasteiger partial charge in [0.1, 0.15) is 0 Å². The predicted molar refractivity (Wildman–Crippen MR) is 20.1 cm³/mol. The Bertz CT molecular complexity index is 74.2. The zero-order chi connectivity index (χ0) is 4.12. The van der Waals surface area contributed by atoms with Crippen LogP contribution in [0.25, 0.3) is 0 Å². The quantitative estimate of drug-likeness (QED) is 0.256. The number of hydrogen-bond donors (Lipinski definition) is 0. The van der Waals surface area contributed by atoms with Gasteiger partial charge in [0, 0.05) is 0 Å². The summed E-state index contributed by atoms with van der Waals surface area (Å²) in [6.07, 6.45) is 2.76. The van der Waals surface area contributed by atoms with Crippen LogP contribution >= 0.6 is 0 Å². The topological polar surface area (TPSA) is 23.8 Å². The zero-order valence-electron chi connectivity index (χ0n) is 3.89. The predicted octanol–water partition coefficient (Wildman–Crippen LogP) is -2.10. The Morgan fingerprint density at radius 3 is 2.00 bits per heavy atom. The molecule has 0 fully saturated rings. The van der Waals surface area contributed by atoms with Crippen molar-refractivity contribution < 1.29 is 36.5 Å². The van der Waals surface area contributed by atoms with Crippen molar-refractivity contribution in [1.29, 1.82) is 5.26 Å². The molecule has 0 aromatic rings. The van der Waals surface area contributed by atoms with Crippen molar-refractivity contribution in [2.24, 2.45) is 0 Å². The van der Waals surface area contributed by atoms with Crippen molar-refractivity contribution in [2.45, 2.75) is 0 Å². The molecule has 0 spiro atoms. The fourth-order valence-electron chi connectivity index (χ4n) is 0.0527. The van der Waals surface area contributed by atoms with E-state index in [4.69, 9.17) is 5.26 Å². The molecule has 1 nitrogen and oxygen atoms in total. The van der Waals surface area contributed by atoms with Crippen LogP contribution in [0.5, 0.6) is 0 Å². The Morgan fingerprint density at radius 2 is 2.00 bits per heavy atom. The van der Waals surface area contributed by atoms with Crippen molar-refractivity contribution in [1.82, 2.24) is 0 Å². The average molecular weight is 211 g/mol. The van der Waals surface area contributed by atoms with Crippen LogP contribution in [0.3, 0.4) is 0 Å². The fourth-order valence-corrected chi connectivity index (χ4v) is 0.0527. The van der Waals surface area contributed by atoms with Crippen LogP contribution < -0.4 is 17.0 Å². The van der Waals surface area contributed by atoms with Crippen LogP contribution in [0.1, 0.15) is 0 Å². The van der Waals surface area contributed by atoms with Gasteiger partial charge in [-0.25, -0.2) is 18.3 Å². The third-order valence-electron chi connectivity index (χ3n) is 0.192. The molecule has 34 valence electrons. The average Bonchev–Trinajstić information content (AvgIpc) is 1.41. The minimum absolute atomic E-state index is 0. The van der Waals surface area contributed by atoms with Gasteiger partial charge in [-0.15, -0.1) is 6.08 Å². The van der Waals surface area contributed by atoms with E-state index in [1.165, 1.54) is 12.2 Å². The largest absolute Gasteiger partial charge is 2.00 e. The molecule has 0 saturated heterocycles. The Morgan fingerprint density at radius 1 is 1.57 bits per heavy atom. The van der Waals surface area contributed by atoms with E-state index in [1.54, 1.807) is 6.07 Å². The Balaban J connectivity index is -0.0000000800. The van der Waals surface area contributed by atoms with Gasteiger partial charge >= 0.3 is 19.5 Å². The molecule has 0 bridgehead atoms. The maximum Gasteiger partial charge on any atom is 2.00 e. The Kier molecular flexibility index (Phi) is 36.7. The van der Waals surface area contributed by atoms with E-state index >= 15 is 0 Å². The van der Waals surface area contributed by atoms with Crippen LogP contribution in [-0.4, -0.2) is 0 Å². The van der Waals surface area contributed by atoms with Crippen LogP contribution in [-0.2, 0) is 19.5 Å². The molecule has 0 unspecified atom stereocenters. The number of rotatable bonds is 0. The summed E-state index contributed by atoms with van der Waals surface area (Å²) in [5.74, 6) is 0. The fraction of sp³-hybridized carbons (Fsp3) is 0. The second kappa shape index (κ2) is 16.4. The number of nitrogens with zero attached hydrogens (tertiary/aromatic N) is 1. The Labute approximate surface area is 66.9 Å². The minimum Gasteiger partial charge on any atom is -1.00 e. The third-order valence-corrected chi connectivity index (χ3v) is 0.192. The summed E-state index contributed by atoms with van der Waals surface area (Å²) in [6.45, 7) is 3.27. The minimum atomic E-state index is 0. The van der Waals surface area contributed by atoms with Gasteiger partial charge in [-0.3, -0.25) is 0 Å². The van der Waals surface area contributed by atoms with Gasteiger partial charge in [-0.05, 0) is 6.07 Å². The van der Waals surface area contributed by atoms with E-state index in [-0.39, 0.29) is 36.5 Å². The van der Waals surface area contributed by atoms with Crippen LogP contribution in [0.4, 0.5) is 0 Å². The maximum absolute atomic E-state index is 7.69. The van der Waals surface area contributed by atoms with Gasteiger partial charge in [-0.2, -0.15) is 0 Å². The van der Waals surface area contributed by atoms with Gasteiger partial charge in [-0.1, -0.05) is 0 Å². The van der Waals surface area contributed by atoms with Gasteiger partial charge in [0.2, 0.25) is 0 Å². The van der Waals surface area contributed by atoms with E-state index in [1.807, 2.05) is 0 Å². The summed E-state index contributed by atoms with van der Waals surface area (Å²) in [5, 5.41) is 7.69. The molecule has 3 heteroatoms. The van der Waals surface area contributed by atoms with Gasteiger partial charge in [0.05, 0.1) is 0 Å². The van der Waals surface area contributed by atoms with Crippen molar-refractivity contribution >= 4 is 0 Å². The number of allylic oxidation sites excluding steroid dienone is 2. The summed E-state index contributed by atoms with van der Waals surface area (Å²) in [4.78, 5) is 0. The molecule has 0 aromatic heterocycles. The number of hydrogen-bond acceptors (Lipinski definition) is 1. The van der Waals surface area contributed by atoms with Crippen LogP contribution in [0.2, 0.25) is 0 Å². The summed E-state index contributed by atoms with van der Waals surface area (Å²) >= 11 is 0. The number of nitriles is 1. The van der Waals surface area contributed by atoms with E-state index in [2.05, 4.69) is 6.92 Å². The normalized spacial score (nSPS) is 5.57. The Hall–Kier alpha value is 0.203. The molecule has 7 heavy (non-hydrogen) atoms. The van der Waals surface area contributed by atoms with Crippen molar-refractivity contribution in [3.8, 4) is 6.07 Å². The first-order valence-electron chi connectivity index (χ1n) is 1.25. The molecule has 0 radical (unpaired) electrons. The van der Waals surface area contributed by atoms with Crippen molar-refractivity contribution in [3.63, 3.8) is 0 Å². The van der Waals surface area contributed by atoms with Crippen molar-refractivity contribution in [2.75, 3.05) is 0 Å². The molecule has 0 aromatic carbocycles. The van der Waals surface area contributed by atoms with Crippen LogP contribution in [0, 0.1) is 18.3 Å². The standard InChI is InChI=1S/C4H4N.BrH.Zn/c1-2-3-4-5;;/h2-3H,1H2;1H;/q-1;;+2/p-1. The van der Waals surface area contributed by atoms with Crippen molar-refractivity contribution in [3.05, 3.63) is 19.1 Å². The van der Waals surface area contributed by atoms with E-state index in [0.717, 1.165) is 0 Å². The summed E-state index contributed by atoms with van der Waals surface area (Å²) in [7, 11) is 0. The SMILES string of the molecule is [Br-].[CH2-]C=CC#N.[Zn+2]. The second-order valence-electron chi connectivity index (χ2n) is 0.531. The first-order valence-corrected chi connectivity index (χ1v) is 1.25. The van der Waals surface area contributed by atoms with E-state index in [9.17, 15) is 0 Å². The smallest absolute Gasteiger partial charge is 1.00 e. The molecular formula is C4H4BrNZn. The summed E-state index contributed by atoms with van der Waals surface area (Å²) in [6, 6.07) is 1.77. The van der Waals surface area contributed by atoms with Gasteiger partial charge < -0.3 is 17.0 Å². The van der Waals surface area contributed by atoms with E-state index < -0.39 is 0 Å². The van der Waals surface area contributed by atoms with Gasteiger partial charge in [0.15, 0.2) is 0 Å². The molecule has 0 rings (SSSR count). The first-order chi connectivity index (χ1) is 2.41. The molecular weight excluding hydrogens is 207 g/mol. The molecule has 0 aliphatic carbocycles. The zero-order valence-corrected chi connectivity index (χ0v) is 8.45. The first kappa shape index (κ1) is 15.7. The monoisotopic (exact) mass is 209 g/mol. The summed E-state index contributed by atoms with van der Waals surface area (Å²) < 4.78 is 0. The molecule has 0 amide bonds. The maximum atomic E-state index is 7.69. The van der Waals surface area contributed by atoms with Crippen LogP contribution in [0.15, 0.2) is 12.2 Å². The third kappa shape index (κ3) is 22.6. The molecule has 0 aliphatic rings. The molecule has 0 heterocycles. The molecule has 0 saturated carbocycles. The van der Waals surface area contributed by atoms with E-state index in [0.29, 0.717) is 0 Å². The summed E-state index contributed by atoms with van der Waals surface area (Å²) in [5.41, 5.74) is 0. The van der Waals surface area contributed by atoms with Gasteiger partial charge in [0.25, 0.3) is 0 Å². The second-order valence-corrected chi connectivity index (χ2v) is 0.531. The molecule has 0 atom stereocenters.